The molecular formula is C16H14O4S2. The normalized spacial score (nSPS) is 11.0. The van der Waals surface area contributed by atoms with Crippen LogP contribution in [-0.4, -0.2) is 11.9 Å². The van der Waals surface area contributed by atoms with Crippen LogP contribution < -0.4 is 9.47 Å². The van der Waals surface area contributed by atoms with Crippen LogP contribution in [0.4, 0.5) is 0 Å². The molecule has 0 spiro atoms. The Balaban J connectivity index is 2.26. The summed E-state index contributed by atoms with van der Waals surface area (Å²) in [6, 6.07) is 3.78. The number of rotatable bonds is 4. The molecule has 114 valence electrons. The highest BCUT2D eigenvalue weighted by atomic mass is 32.1. The molecule has 0 saturated heterocycles. The lowest BCUT2D eigenvalue weighted by Crippen LogP contribution is -2.08. The summed E-state index contributed by atoms with van der Waals surface area (Å²) in [6.45, 7) is 3.52. The average Bonchev–Trinajstić information content (AvgIpc) is 3.18. The van der Waals surface area contributed by atoms with Crippen molar-refractivity contribution in [2.45, 2.75) is 26.7 Å². The van der Waals surface area contributed by atoms with E-state index in [0.717, 1.165) is 20.2 Å². The number of carbonyl (C=O) groups is 2. The van der Waals surface area contributed by atoms with Gasteiger partial charge < -0.3 is 9.47 Å². The van der Waals surface area contributed by atoms with Gasteiger partial charge in [-0.1, -0.05) is 13.8 Å². The van der Waals surface area contributed by atoms with Crippen LogP contribution in [0.2, 0.25) is 0 Å². The Kier molecular flexibility index (Phi) is 4.13. The summed E-state index contributed by atoms with van der Waals surface area (Å²) in [5.41, 5.74) is 0. The van der Waals surface area contributed by atoms with Crippen molar-refractivity contribution >= 4 is 54.8 Å². The zero-order valence-corrected chi connectivity index (χ0v) is 13.8. The molecule has 2 heterocycles. The second kappa shape index (κ2) is 6.06. The third-order valence-electron chi connectivity index (χ3n) is 3.24. The Labute approximate surface area is 135 Å². The quantitative estimate of drug-likeness (QED) is 0.510. The fourth-order valence-corrected chi connectivity index (χ4v) is 3.92. The maximum absolute atomic E-state index is 11.7. The summed E-state index contributed by atoms with van der Waals surface area (Å²) in [7, 11) is 0. The van der Waals surface area contributed by atoms with Crippen LogP contribution >= 0.6 is 22.7 Å². The Morgan fingerprint density at radius 1 is 0.864 bits per heavy atom. The SMILES string of the molecule is CCC(=O)Oc1c2ccsc2c(OC(=O)CC)c2ccsc12. The summed E-state index contributed by atoms with van der Waals surface area (Å²) in [4.78, 5) is 23.4. The fourth-order valence-electron chi connectivity index (χ4n) is 2.15. The molecule has 0 fully saturated rings. The largest absolute Gasteiger partial charge is 0.424 e. The van der Waals surface area contributed by atoms with Crippen LogP contribution in [0, 0.1) is 0 Å². The smallest absolute Gasteiger partial charge is 0.310 e. The molecule has 0 unspecified atom stereocenters. The minimum atomic E-state index is -0.277. The van der Waals surface area contributed by atoms with Crippen LogP contribution in [0.1, 0.15) is 26.7 Å². The highest BCUT2D eigenvalue weighted by Gasteiger charge is 2.21. The first-order valence-corrected chi connectivity index (χ1v) is 8.73. The van der Waals surface area contributed by atoms with E-state index in [1.54, 1.807) is 13.8 Å². The van der Waals surface area contributed by atoms with E-state index in [4.69, 9.17) is 9.47 Å². The van der Waals surface area contributed by atoms with Crippen LogP contribution in [0.25, 0.3) is 20.2 Å². The molecule has 0 saturated carbocycles. The van der Waals surface area contributed by atoms with Gasteiger partial charge in [0.05, 0.1) is 9.40 Å². The molecule has 0 aliphatic rings. The standard InChI is InChI=1S/C16H14O4S2/c1-3-11(17)19-13-9-5-7-22-16(9)14(20-12(18)4-2)10-6-8-21-15(10)13/h5-8H,3-4H2,1-2H3. The molecule has 0 aliphatic heterocycles. The molecule has 0 atom stereocenters. The first kappa shape index (κ1) is 15.0. The number of fused-ring (bicyclic) bond motifs is 2. The van der Waals surface area contributed by atoms with E-state index in [1.165, 1.54) is 22.7 Å². The number of hydrogen-bond donors (Lipinski definition) is 0. The van der Waals surface area contributed by atoms with Crippen LogP contribution in [-0.2, 0) is 9.59 Å². The number of carbonyl (C=O) groups excluding carboxylic acids is 2. The van der Waals surface area contributed by atoms with Crippen molar-refractivity contribution in [1.29, 1.82) is 0 Å². The first-order valence-electron chi connectivity index (χ1n) is 6.97. The molecule has 3 aromatic rings. The van der Waals surface area contributed by atoms with Gasteiger partial charge in [0.2, 0.25) is 0 Å². The second-order valence-electron chi connectivity index (χ2n) is 4.64. The van der Waals surface area contributed by atoms with Gasteiger partial charge in [0, 0.05) is 23.6 Å². The zero-order chi connectivity index (χ0) is 15.7. The molecule has 4 nitrogen and oxygen atoms in total. The van der Waals surface area contributed by atoms with Crippen molar-refractivity contribution in [2.75, 3.05) is 0 Å². The van der Waals surface area contributed by atoms with E-state index in [9.17, 15) is 9.59 Å². The average molecular weight is 334 g/mol. The molecule has 2 aromatic heterocycles. The molecule has 3 rings (SSSR count). The maximum Gasteiger partial charge on any atom is 0.310 e. The molecule has 1 aromatic carbocycles. The Bertz CT molecular complexity index is 741. The molecule has 22 heavy (non-hydrogen) atoms. The summed E-state index contributed by atoms with van der Waals surface area (Å²) >= 11 is 2.94. The molecule has 0 amide bonds. The van der Waals surface area contributed by atoms with Crippen molar-refractivity contribution in [3.63, 3.8) is 0 Å². The van der Waals surface area contributed by atoms with Crippen molar-refractivity contribution in [1.82, 2.24) is 0 Å². The predicted molar refractivity (Wildman–Crippen MR) is 89.1 cm³/mol. The van der Waals surface area contributed by atoms with Crippen molar-refractivity contribution < 1.29 is 19.1 Å². The van der Waals surface area contributed by atoms with Crippen molar-refractivity contribution in [3.8, 4) is 11.5 Å². The predicted octanol–water partition coefficient (Wildman–Crippen LogP) is 4.75. The lowest BCUT2D eigenvalue weighted by atomic mass is 10.1. The Hall–Kier alpha value is -1.92. The van der Waals surface area contributed by atoms with Gasteiger partial charge in [-0.05, 0) is 22.9 Å². The number of ether oxygens (including phenoxy) is 2. The lowest BCUT2D eigenvalue weighted by Gasteiger charge is -2.11. The van der Waals surface area contributed by atoms with Gasteiger partial charge in [-0.2, -0.15) is 0 Å². The molecule has 0 bridgehead atoms. The Morgan fingerprint density at radius 3 is 1.64 bits per heavy atom. The van der Waals surface area contributed by atoms with E-state index in [0.29, 0.717) is 24.3 Å². The monoisotopic (exact) mass is 334 g/mol. The van der Waals surface area contributed by atoms with Crippen molar-refractivity contribution in [3.05, 3.63) is 22.9 Å². The van der Waals surface area contributed by atoms with Crippen LogP contribution in [0.5, 0.6) is 11.5 Å². The number of benzene rings is 1. The van der Waals surface area contributed by atoms with Crippen LogP contribution in [0.3, 0.4) is 0 Å². The summed E-state index contributed by atoms with van der Waals surface area (Å²) in [5.74, 6) is 0.565. The number of hydrogen-bond acceptors (Lipinski definition) is 6. The van der Waals surface area contributed by atoms with E-state index in [2.05, 4.69) is 0 Å². The minimum Gasteiger partial charge on any atom is -0.424 e. The summed E-state index contributed by atoms with van der Waals surface area (Å²) in [5, 5.41) is 5.42. The highest BCUT2D eigenvalue weighted by molar-refractivity contribution is 7.19. The van der Waals surface area contributed by atoms with E-state index < -0.39 is 0 Å². The highest BCUT2D eigenvalue weighted by Crippen LogP contribution is 2.47. The number of thiophene rings is 2. The van der Waals surface area contributed by atoms with Gasteiger partial charge in [0.1, 0.15) is 0 Å². The molecule has 6 heteroatoms. The van der Waals surface area contributed by atoms with Gasteiger partial charge >= 0.3 is 11.9 Å². The van der Waals surface area contributed by atoms with Gasteiger partial charge in [-0.25, -0.2) is 0 Å². The molecule has 0 aliphatic carbocycles. The topological polar surface area (TPSA) is 52.6 Å². The van der Waals surface area contributed by atoms with E-state index in [1.807, 2.05) is 22.9 Å². The molecule has 0 N–H and O–H groups in total. The zero-order valence-electron chi connectivity index (χ0n) is 12.2. The summed E-state index contributed by atoms with van der Waals surface area (Å²) < 4.78 is 12.7. The molecular weight excluding hydrogens is 320 g/mol. The van der Waals surface area contributed by atoms with Gasteiger partial charge in [0.15, 0.2) is 11.5 Å². The maximum atomic E-state index is 11.7. The van der Waals surface area contributed by atoms with E-state index >= 15 is 0 Å². The van der Waals surface area contributed by atoms with Gasteiger partial charge in [-0.3, -0.25) is 9.59 Å². The minimum absolute atomic E-state index is 0.277. The third kappa shape index (κ3) is 2.48. The fraction of sp³-hybridized carbons (Fsp3) is 0.250. The van der Waals surface area contributed by atoms with Gasteiger partial charge in [-0.15, -0.1) is 22.7 Å². The van der Waals surface area contributed by atoms with Crippen LogP contribution in [0.15, 0.2) is 22.9 Å². The lowest BCUT2D eigenvalue weighted by molar-refractivity contribution is -0.134. The van der Waals surface area contributed by atoms with Crippen molar-refractivity contribution in [2.24, 2.45) is 0 Å². The Morgan fingerprint density at radius 2 is 1.27 bits per heavy atom. The van der Waals surface area contributed by atoms with E-state index in [-0.39, 0.29) is 11.9 Å². The molecule has 0 radical (unpaired) electrons. The second-order valence-corrected chi connectivity index (χ2v) is 6.47. The first-order chi connectivity index (χ1) is 10.7. The number of esters is 2. The van der Waals surface area contributed by atoms with Gasteiger partial charge in [0.25, 0.3) is 0 Å². The third-order valence-corrected chi connectivity index (χ3v) is 5.07. The summed E-state index contributed by atoms with van der Waals surface area (Å²) in [6.07, 6.45) is 0.621.